The molecular formula is C7H13NO2S. The average molecular weight is 175 g/mol. The van der Waals surface area contributed by atoms with Crippen molar-refractivity contribution >= 4 is 17.1 Å². The Labute approximate surface area is 69.7 Å². The number of nitrogens with one attached hydrogen (secondary N) is 1. The Kier molecular flexibility index (Phi) is 3.20. The molecule has 1 aliphatic heterocycles. The Bertz CT molecular complexity index is 151. The largest absolute Gasteiger partial charge is 0.616 e. The molecule has 1 saturated heterocycles. The van der Waals surface area contributed by atoms with Crippen molar-refractivity contribution in [3.05, 3.63) is 0 Å². The minimum Gasteiger partial charge on any atom is -0.616 e. The van der Waals surface area contributed by atoms with Gasteiger partial charge in [-0.15, -0.1) is 0 Å². The molecule has 2 unspecified atom stereocenters. The SMILES string of the molecule is CC(=O)NC1CCC[S+]([O-])C1. The van der Waals surface area contributed by atoms with Crippen LogP contribution in [0.5, 0.6) is 0 Å². The van der Waals surface area contributed by atoms with Crippen molar-refractivity contribution in [2.75, 3.05) is 11.5 Å². The Morgan fingerprint density at radius 3 is 3.00 bits per heavy atom. The summed E-state index contributed by atoms with van der Waals surface area (Å²) in [6.45, 7) is 1.50. The smallest absolute Gasteiger partial charge is 0.217 e. The number of carbonyl (C=O) groups is 1. The van der Waals surface area contributed by atoms with E-state index >= 15 is 0 Å². The Balaban J connectivity index is 2.28. The standard InChI is InChI=1S/C7H13NO2S/c1-6(9)8-7-3-2-4-11(10)5-7/h7H,2-5H2,1H3,(H,8,9). The summed E-state index contributed by atoms with van der Waals surface area (Å²) in [5.41, 5.74) is 0. The van der Waals surface area contributed by atoms with Gasteiger partial charge in [0, 0.05) is 6.92 Å². The summed E-state index contributed by atoms with van der Waals surface area (Å²) in [4.78, 5) is 10.6. The molecule has 0 aliphatic carbocycles. The fourth-order valence-corrected chi connectivity index (χ4v) is 2.64. The summed E-state index contributed by atoms with van der Waals surface area (Å²) < 4.78 is 11.0. The molecule has 0 aromatic heterocycles. The lowest BCUT2D eigenvalue weighted by Crippen LogP contribution is -2.42. The maximum absolute atomic E-state index is 11.0. The highest BCUT2D eigenvalue weighted by atomic mass is 32.2. The molecule has 1 N–H and O–H groups in total. The van der Waals surface area contributed by atoms with Gasteiger partial charge in [0.15, 0.2) is 0 Å². The van der Waals surface area contributed by atoms with Gasteiger partial charge in [0.2, 0.25) is 5.91 Å². The van der Waals surface area contributed by atoms with Crippen molar-refractivity contribution in [2.45, 2.75) is 25.8 Å². The minimum atomic E-state index is -0.701. The number of rotatable bonds is 1. The highest BCUT2D eigenvalue weighted by Gasteiger charge is 2.22. The van der Waals surface area contributed by atoms with Crippen LogP contribution in [0, 0.1) is 0 Å². The predicted molar refractivity (Wildman–Crippen MR) is 44.7 cm³/mol. The van der Waals surface area contributed by atoms with Gasteiger partial charge in [0.05, 0.1) is 6.04 Å². The van der Waals surface area contributed by atoms with E-state index in [-0.39, 0.29) is 11.9 Å². The van der Waals surface area contributed by atoms with Crippen LogP contribution in [0.25, 0.3) is 0 Å². The third-order valence-corrected chi connectivity index (χ3v) is 3.24. The first-order valence-corrected chi connectivity index (χ1v) is 5.29. The molecule has 64 valence electrons. The molecule has 0 bridgehead atoms. The number of amides is 1. The van der Waals surface area contributed by atoms with Crippen molar-refractivity contribution in [1.82, 2.24) is 5.32 Å². The molecule has 11 heavy (non-hydrogen) atoms. The maximum atomic E-state index is 11.0. The molecule has 1 heterocycles. The third-order valence-electron chi connectivity index (χ3n) is 1.72. The van der Waals surface area contributed by atoms with Gasteiger partial charge in [-0.25, -0.2) is 0 Å². The van der Waals surface area contributed by atoms with Crippen molar-refractivity contribution in [3.63, 3.8) is 0 Å². The molecule has 0 aromatic carbocycles. The molecule has 3 nitrogen and oxygen atoms in total. The fraction of sp³-hybridized carbons (Fsp3) is 0.857. The quantitative estimate of drug-likeness (QED) is 0.572. The molecule has 0 spiro atoms. The van der Waals surface area contributed by atoms with Gasteiger partial charge in [-0.2, -0.15) is 0 Å². The monoisotopic (exact) mass is 175 g/mol. The molecule has 2 atom stereocenters. The van der Waals surface area contributed by atoms with Crippen molar-refractivity contribution in [1.29, 1.82) is 0 Å². The highest BCUT2D eigenvalue weighted by Crippen LogP contribution is 2.11. The van der Waals surface area contributed by atoms with E-state index in [1.165, 1.54) is 6.92 Å². The van der Waals surface area contributed by atoms with Gasteiger partial charge < -0.3 is 9.87 Å². The zero-order valence-corrected chi connectivity index (χ0v) is 7.45. The minimum absolute atomic E-state index is 0.0195. The first-order valence-electron chi connectivity index (χ1n) is 3.80. The summed E-state index contributed by atoms with van der Waals surface area (Å²) >= 11 is -0.701. The van der Waals surface area contributed by atoms with Gasteiger partial charge in [0.1, 0.15) is 11.5 Å². The van der Waals surface area contributed by atoms with Crippen LogP contribution in [0.1, 0.15) is 19.8 Å². The van der Waals surface area contributed by atoms with Gasteiger partial charge in [-0.3, -0.25) is 4.79 Å². The van der Waals surface area contributed by atoms with Gasteiger partial charge >= 0.3 is 0 Å². The topological polar surface area (TPSA) is 52.2 Å². The van der Waals surface area contributed by atoms with E-state index in [1.807, 2.05) is 0 Å². The van der Waals surface area contributed by atoms with E-state index in [0.29, 0.717) is 5.75 Å². The summed E-state index contributed by atoms with van der Waals surface area (Å²) in [7, 11) is 0. The Hall–Kier alpha value is -0.220. The molecule has 1 rings (SSSR count). The molecule has 1 amide bonds. The van der Waals surface area contributed by atoms with Gasteiger partial charge in [0.25, 0.3) is 0 Å². The Morgan fingerprint density at radius 1 is 1.73 bits per heavy atom. The molecule has 0 aromatic rings. The molecule has 0 saturated carbocycles. The fourth-order valence-electron chi connectivity index (χ4n) is 1.28. The Morgan fingerprint density at radius 2 is 2.45 bits per heavy atom. The second-order valence-electron chi connectivity index (χ2n) is 2.85. The van der Waals surface area contributed by atoms with Crippen molar-refractivity contribution in [2.24, 2.45) is 0 Å². The highest BCUT2D eigenvalue weighted by molar-refractivity contribution is 7.91. The van der Waals surface area contributed by atoms with Crippen LogP contribution in [0.15, 0.2) is 0 Å². The molecular weight excluding hydrogens is 162 g/mol. The van der Waals surface area contributed by atoms with E-state index in [0.717, 1.165) is 18.6 Å². The lowest BCUT2D eigenvalue weighted by atomic mass is 10.2. The lowest BCUT2D eigenvalue weighted by molar-refractivity contribution is -0.119. The number of carbonyl (C=O) groups excluding carboxylic acids is 1. The van der Waals surface area contributed by atoms with E-state index in [1.54, 1.807) is 0 Å². The normalized spacial score (nSPS) is 31.5. The van der Waals surface area contributed by atoms with Crippen LogP contribution in [-0.2, 0) is 16.0 Å². The zero-order chi connectivity index (χ0) is 8.27. The first-order chi connectivity index (χ1) is 5.18. The van der Waals surface area contributed by atoms with Gasteiger partial charge in [-0.05, 0) is 12.8 Å². The van der Waals surface area contributed by atoms with Crippen LogP contribution < -0.4 is 5.32 Å². The molecule has 1 fully saturated rings. The lowest BCUT2D eigenvalue weighted by Gasteiger charge is -2.24. The van der Waals surface area contributed by atoms with Crippen LogP contribution >= 0.6 is 0 Å². The summed E-state index contributed by atoms with van der Waals surface area (Å²) in [5, 5.41) is 2.78. The second kappa shape index (κ2) is 3.97. The predicted octanol–water partition coefficient (Wildman–Crippen LogP) is 0.0336. The maximum Gasteiger partial charge on any atom is 0.217 e. The zero-order valence-electron chi connectivity index (χ0n) is 6.63. The second-order valence-corrected chi connectivity index (χ2v) is 4.47. The van der Waals surface area contributed by atoms with Crippen LogP contribution in [-0.4, -0.2) is 28.0 Å². The number of hydrogen-bond acceptors (Lipinski definition) is 2. The van der Waals surface area contributed by atoms with E-state index in [4.69, 9.17) is 0 Å². The van der Waals surface area contributed by atoms with Crippen LogP contribution in [0.4, 0.5) is 0 Å². The van der Waals surface area contributed by atoms with E-state index < -0.39 is 11.2 Å². The van der Waals surface area contributed by atoms with Crippen LogP contribution in [0.3, 0.4) is 0 Å². The summed E-state index contributed by atoms with van der Waals surface area (Å²) in [5.74, 6) is 1.42. The van der Waals surface area contributed by atoms with Crippen LogP contribution in [0.2, 0.25) is 0 Å². The molecule has 1 aliphatic rings. The van der Waals surface area contributed by atoms with E-state index in [9.17, 15) is 9.35 Å². The molecule has 0 radical (unpaired) electrons. The van der Waals surface area contributed by atoms with Crippen molar-refractivity contribution < 1.29 is 9.35 Å². The summed E-state index contributed by atoms with van der Waals surface area (Å²) in [6.07, 6.45) is 1.95. The van der Waals surface area contributed by atoms with E-state index in [2.05, 4.69) is 5.32 Å². The van der Waals surface area contributed by atoms with Gasteiger partial charge in [-0.1, -0.05) is 11.2 Å². The average Bonchev–Trinajstić information content (AvgIpc) is 1.85. The molecule has 4 heteroatoms. The van der Waals surface area contributed by atoms with Crippen molar-refractivity contribution in [3.8, 4) is 0 Å². The first kappa shape index (κ1) is 8.87. The number of hydrogen-bond donors (Lipinski definition) is 1. The summed E-state index contributed by atoms with van der Waals surface area (Å²) in [6, 6.07) is 0.155. The third kappa shape index (κ3) is 3.12.